The molecule has 1 N–H and O–H groups in total. The topological polar surface area (TPSA) is 37.3 Å². The Kier molecular flexibility index (Phi) is 7.16. The van der Waals surface area contributed by atoms with E-state index in [0.717, 1.165) is 23.5 Å². The molecule has 108 valence electrons. The molecule has 1 aromatic rings. The fourth-order valence-electron chi connectivity index (χ4n) is 1.73. The molecule has 0 aromatic heterocycles. The fraction of sp³-hybridized carbons (Fsp3) is 0.353. The number of carboxylic acids is 1. The molecule has 0 unspecified atom stereocenters. The highest BCUT2D eigenvalue weighted by molar-refractivity contribution is 7.99. The molecule has 1 rings (SSSR count). The van der Waals surface area contributed by atoms with Gasteiger partial charge in [0, 0.05) is 10.6 Å². The van der Waals surface area contributed by atoms with Gasteiger partial charge in [-0.2, -0.15) is 0 Å². The van der Waals surface area contributed by atoms with Crippen LogP contribution >= 0.6 is 11.8 Å². The van der Waals surface area contributed by atoms with E-state index in [1.807, 2.05) is 12.1 Å². The van der Waals surface area contributed by atoms with E-state index >= 15 is 0 Å². The molecule has 0 saturated carbocycles. The summed E-state index contributed by atoms with van der Waals surface area (Å²) in [5.41, 5.74) is 3.08. The van der Waals surface area contributed by atoms with Gasteiger partial charge in [0.1, 0.15) is 0 Å². The quantitative estimate of drug-likeness (QED) is 0.556. The van der Waals surface area contributed by atoms with Crippen LogP contribution < -0.4 is 0 Å². The Morgan fingerprint density at radius 2 is 1.90 bits per heavy atom. The minimum Gasteiger partial charge on any atom is -0.478 e. The Bertz CT molecular complexity index is 511. The maximum absolute atomic E-state index is 11.1. The maximum atomic E-state index is 11.1. The average molecular weight is 290 g/mol. The van der Waals surface area contributed by atoms with E-state index in [1.54, 1.807) is 23.9 Å². The van der Waals surface area contributed by atoms with Crippen molar-refractivity contribution in [3.05, 3.63) is 53.1 Å². The minimum atomic E-state index is -0.864. The third-order valence-electron chi connectivity index (χ3n) is 2.88. The molecule has 0 spiro atoms. The summed E-state index contributed by atoms with van der Waals surface area (Å²) in [6.07, 6.45) is 6.56. The van der Waals surface area contributed by atoms with E-state index in [2.05, 4.69) is 32.9 Å². The van der Waals surface area contributed by atoms with Crippen molar-refractivity contribution in [1.82, 2.24) is 0 Å². The number of thioether (sulfide) groups is 1. The Labute approximate surface area is 125 Å². The Balaban J connectivity index is 2.51. The highest BCUT2D eigenvalue weighted by Crippen LogP contribution is 2.23. The van der Waals surface area contributed by atoms with Gasteiger partial charge in [-0.25, -0.2) is 4.79 Å². The second kappa shape index (κ2) is 8.64. The predicted octanol–water partition coefficient (Wildman–Crippen LogP) is 5.17. The van der Waals surface area contributed by atoms with Crippen LogP contribution in [-0.4, -0.2) is 16.8 Å². The zero-order valence-corrected chi connectivity index (χ0v) is 13.2. The molecule has 3 heteroatoms. The lowest BCUT2D eigenvalue weighted by Crippen LogP contribution is -1.98. The summed E-state index contributed by atoms with van der Waals surface area (Å²) in [6, 6.07) is 7.14. The van der Waals surface area contributed by atoms with Gasteiger partial charge in [-0.05, 0) is 45.7 Å². The monoisotopic (exact) mass is 290 g/mol. The van der Waals surface area contributed by atoms with Crippen LogP contribution in [0.15, 0.2) is 52.5 Å². The number of rotatable bonds is 7. The third-order valence-corrected chi connectivity index (χ3v) is 3.88. The van der Waals surface area contributed by atoms with Gasteiger partial charge < -0.3 is 5.11 Å². The zero-order valence-electron chi connectivity index (χ0n) is 12.3. The van der Waals surface area contributed by atoms with Crippen LogP contribution in [0.2, 0.25) is 0 Å². The highest BCUT2D eigenvalue weighted by atomic mass is 32.2. The molecule has 0 amide bonds. The first-order chi connectivity index (χ1) is 9.50. The van der Waals surface area contributed by atoms with Crippen molar-refractivity contribution in [2.24, 2.45) is 0 Å². The molecule has 0 heterocycles. The fourth-order valence-corrected chi connectivity index (χ4v) is 2.77. The van der Waals surface area contributed by atoms with Gasteiger partial charge in [-0.1, -0.05) is 35.4 Å². The van der Waals surface area contributed by atoms with Crippen LogP contribution in [0.5, 0.6) is 0 Å². The summed E-state index contributed by atoms with van der Waals surface area (Å²) in [4.78, 5) is 11.9. The number of carboxylic acid groups (broad SMARTS) is 1. The lowest BCUT2D eigenvalue weighted by atomic mass is 10.1. The first-order valence-corrected chi connectivity index (χ1v) is 7.73. The zero-order chi connectivity index (χ0) is 15.0. The number of hydrogen-bond donors (Lipinski definition) is 1. The normalized spacial score (nSPS) is 11.2. The summed E-state index contributed by atoms with van der Waals surface area (Å²) < 4.78 is 0. The summed E-state index contributed by atoms with van der Waals surface area (Å²) >= 11 is 1.57. The average Bonchev–Trinajstić information content (AvgIpc) is 2.38. The molecular formula is C17H22O2S. The number of aromatic carboxylic acids is 1. The van der Waals surface area contributed by atoms with Gasteiger partial charge in [0.15, 0.2) is 0 Å². The Morgan fingerprint density at radius 3 is 2.55 bits per heavy atom. The molecule has 0 saturated heterocycles. The van der Waals surface area contributed by atoms with Crippen molar-refractivity contribution < 1.29 is 9.90 Å². The van der Waals surface area contributed by atoms with Gasteiger partial charge in [-0.3, -0.25) is 0 Å². The second-order valence-corrected chi connectivity index (χ2v) is 6.04. The molecule has 0 aliphatic heterocycles. The molecule has 2 nitrogen and oxygen atoms in total. The summed E-state index contributed by atoms with van der Waals surface area (Å²) in [5, 5.41) is 9.11. The molecule has 0 aliphatic rings. The molecule has 0 bridgehead atoms. The summed E-state index contributed by atoms with van der Waals surface area (Å²) in [7, 11) is 0. The van der Waals surface area contributed by atoms with E-state index in [4.69, 9.17) is 5.11 Å². The van der Waals surface area contributed by atoms with Gasteiger partial charge in [0.2, 0.25) is 0 Å². The molecule has 0 fully saturated rings. The van der Waals surface area contributed by atoms with Crippen LogP contribution in [0.25, 0.3) is 0 Å². The van der Waals surface area contributed by atoms with Crippen LogP contribution in [0.3, 0.4) is 0 Å². The first kappa shape index (κ1) is 16.6. The first-order valence-electron chi connectivity index (χ1n) is 6.75. The standard InChI is InChI=1S/C17H22O2S/c1-13(2)7-6-8-14(3)11-12-20-16-10-5-4-9-15(16)17(18)19/h4-5,7,9-11H,6,8,12H2,1-3H3,(H,18,19)/b14-11+. The van der Waals surface area contributed by atoms with Gasteiger partial charge in [0.05, 0.1) is 5.56 Å². The summed E-state index contributed by atoms with van der Waals surface area (Å²) in [5.74, 6) is -0.0531. The molecule has 0 aliphatic carbocycles. The van der Waals surface area contributed by atoms with Crippen molar-refractivity contribution in [3.63, 3.8) is 0 Å². The maximum Gasteiger partial charge on any atom is 0.336 e. The van der Waals surface area contributed by atoms with Gasteiger partial charge in [0.25, 0.3) is 0 Å². The molecule has 0 radical (unpaired) electrons. The van der Waals surface area contributed by atoms with E-state index in [9.17, 15) is 4.79 Å². The van der Waals surface area contributed by atoms with Crippen molar-refractivity contribution >= 4 is 17.7 Å². The number of allylic oxidation sites excluding steroid dienone is 3. The van der Waals surface area contributed by atoms with E-state index in [1.165, 1.54) is 11.1 Å². The van der Waals surface area contributed by atoms with Crippen LogP contribution in [0.4, 0.5) is 0 Å². The minimum absolute atomic E-state index is 0.382. The van der Waals surface area contributed by atoms with Crippen LogP contribution in [-0.2, 0) is 0 Å². The van der Waals surface area contributed by atoms with Crippen LogP contribution in [0, 0.1) is 0 Å². The van der Waals surface area contributed by atoms with Crippen LogP contribution in [0.1, 0.15) is 44.0 Å². The molecule has 20 heavy (non-hydrogen) atoms. The highest BCUT2D eigenvalue weighted by Gasteiger charge is 2.08. The molecular weight excluding hydrogens is 268 g/mol. The van der Waals surface area contributed by atoms with Crippen molar-refractivity contribution in [2.75, 3.05) is 5.75 Å². The predicted molar refractivity (Wildman–Crippen MR) is 86.5 cm³/mol. The SMILES string of the molecule is CC(C)=CCC/C(C)=C/CSc1ccccc1C(=O)O. The smallest absolute Gasteiger partial charge is 0.336 e. The van der Waals surface area contributed by atoms with E-state index in [0.29, 0.717) is 5.56 Å². The van der Waals surface area contributed by atoms with Crippen molar-refractivity contribution in [1.29, 1.82) is 0 Å². The molecule has 1 aromatic carbocycles. The van der Waals surface area contributed by atoms with Crippen molar-refractivity contribution in [3.8, 4) is 0 Å². The Hall–Kier alpha value is -1.48. The van der Waals surface area contributed by atoms with Gasteiger partial charge in [-0.15, -0.1) is 11.8 Å². The van der Waals surface area contributed by atoms with Crippen molar-refractivity contribution in [2.45, 2.75) is 38.5 Å². The largest absolute Gasteiger partial charge is 0.478 e. The number of hydrogen-bond acceptors (Lipinski definition) is 2. The van der Waals surface area contributed by atoms with Gasteiger partial charge >= 0.3 is 5.97 Å². The molecule has 0 atom stereocenters. The van der Waals surface area contributed by atoms with E-state index in [-0.39, 0.29) is 0 Å². The van der Waals surface area contributed by atoms with E-state index < -0.39 is 5.97 Å². The second-order valence-electron chi connectivity index (χ2n) is 4.98. The lowest BCUT2D eigenvalue weighted by molar-refractivity contribution is 0.0693. The third kappa shape index (κ3) is 6.11. The lowest BCUT2D eigenvalue weighted by Gasteiger charge is -2.04. The number of carbonyl (C=O) groups is 1. The Morgan fingerprint density at radius 1 is 1.20 bits per heavy atom. The number of benzene rings is 1. The summed E-state index contributed by atoms with van der Waals surface area (Å²) in [6.45, 7) is 6.35.